The first kappa shape index (κ1) is 7.96. The highest BCUT2D eigenvalue weighted by molar-refractivity contribution is 9.09. The van der Waals surface area contributed by atoms with Crippen LogP contribution in [-0.2, 0) is 0 Å². The van der Waals surface area contributed by atoms with E-state index < -0.39 is 0 Å². The summed E-state index contributed by atoms with van der Waals surface area (Å²) >= 11 is 3.15. The van der Waals surface area contributed by atoms with Crippen LogP contribution in [-0.4, -0.2) is 5.33 Å². The Morgan fingerprint density at radius 2 is 1.75 bits per heavy atom. The molecule has 0 amide bonds. The second kappa shape index (κ2) is 6.96. The molecule has 1 aliphatic rings. The van der Waals surface area contributed by atoms with Crippen molar-refractivity contribution >= 4 is 15.9 Å². The van der Waals surface area contributed by atoms with Gasteiger partial charge in [0.1, 0.15) is 0 Å². The summed E-state index contributed by atoms with van der Waals surface area (Å²) in [6.07, 6.45) is 9.50. The molecular formula is C7H11Br. The van der Waals surface area contributed by atoms with E-state index in [2.05, 4.69) is 40.2 Å². The van der Waals surface area contributed by atoms with E-state index in [4.69, 9.17) is 0 Å². The molecule has 1 heteroatoms. The topological polar surface area (TPSA) is 0 Å². The summed E-state index contributed by atoms with van der Waals surface area (Å²) in [6, 6.07) is 0. The molecule has 0 radical (unpaired) electrons. The molecule has 1 rings (SSSR count). The lowest BCUT2D eigenvalue weighted by Crippen LogP contribution is -1.37. The van der Waals surface area contributed by atoms with E-state index in [9.17, 15) is 0 Å². The van der Waals surface area contributed by atoms with Gasteiger partial charge in [0, 0.05) is 5.33 Å². The van der Waals surface area contributed by atoms with Crippen LogP contribution in [0.5, 0.6) is 0 Å². The van der Waals surface area contributed by atoms with E-state index in [1.165, 1.54) is 0 Å². The van der Waals surface area contributed by atoms with Gasteiger partial charge in [-0.3, -0.25) is 0 Å². The molecule has 0 aromatic carbocycles. The van der Waals surface area contributed by atoms with Gasteiger partial charge in [-0.25, -0.2) is 0 Å². The predicted octanol–water partition coefficient (Wildman–Crippen LogP) is 2.90. The standard InChI is InChI=1S/C5H6.C2H5Br/c1-2-4-5-3-1;1-2-3/h1-4H,5H2;2H2,1H3. The van der Waals surface area contributed by atoms with Crippen molar-refractivity contribution < 1.29 is 0 Å². The number of halogens is 1. The second-order valence-electron chi connectivity index (χ2n) is 1.36. The Labute approximate surface area is 59.4 Å². The van der Waals surface area contributed by atoms with Gasteiger partial charge < -0.3 is 0 Å². The lowest BCUT2D eigenvalue weighted by molar-refractivity contribution is 1.45. The van der Waals surface area contributed by atoms with Crippen LogP contribution in [0.2, 0.25) is 0 Å². The maximum absolute atomic E-state index is 3.15. The van der Waals surface area contributed by atoms with Crippen LogP contribution in [0.1, 0.15) is 13.3 Å². The molecule has 0 aromatic heterocycles. The summed E-state index contributed by atoms with van der Waals surface area (Å²) < 4.78 is 0. The zero-order valence-electron chi connectivity index (χ0n) is 5.10. The summed E-state index contributed by atoms with van der Waals surface area (Å²) in [5, 5.41) is 1.06. The third-order valence-corrected chi connectivity index (χ3v) is 0.655. The van der Waals surface area contributed by atoms with Gasteiger partial charge >= 0.3 is 0 Å². The second-order valence-corrected chi connectivity index (χ2v) is 2.48. The highest BCUT2D eigenvalue weighted by Crippen LogP contribution is 1.93. The Morgan fingerprint density at radius 1 is 1.38 bits per heavy atom. The fourth-order valence-corrected chi connectivity index (χ4v) is 0.393. The van der Waals surface area contributed by atoms with Crippen molar-refractivity contribution in [2.45, 2.75) is 13.3 Å². The van der Waals surface area contributed by atoms with E-state index in [0.717, 1.165) is 11.8 Å². The minimum atomic E-state index is 1.06. The quantitative estimate of drug-likeness (QED) is 0.496. The number of alkyl halides is 1. The van der Waals surface area contributed by atoms with Gasteiger partial charge in [-0.1, -0.05) is 47.2 Å². The summed E-state index contributed by atoms with van der Waals surface area (Å²) in [7, 11) is 0. The Morgan fingerprint density at radius 3 is 1.88 bits per heavy atom. The van der Waals surface area contributed by atoms with Crippen molar-refractivity contribution in [3.05, 3.63) is 24.3 Å². The predicted molar refractivity (Wildman–Crippen MR) is 42.4 cm³/mol. The average molecular weight is 175 g/mol. The fraction of sp³-hybridized carbons (Fsp3) is 0.429. The van der Waals surface area contributed by atoms with Gasteiger partial charge in [0.2, 0.25) is 0 Å². The monoisotopic (exact) mass is 174 g/mol. The van der Waals surface area contributed by atoms with Crippen molar-refractivity contribution in [2.24, 2.45) is 0 Å². The van der Waals surface area contributed by atoms with Crippen molar-refractivity contribution in [2.75, 3.05) is 5.33 Å². The summed E-state index contributed by atoms with van der Waals surface area (Å²) in [4.78, 5) is 0. The normalized spacial score (nSPS) is 13.2. The van der Waals surface area contributed by atoms with Crippen molar-refractivity contribution in [1.29, 1.82) is 0 Å². The zero-order chi connectivity index (χ0) is 6.24. The van der Waals surface area contributed by atoms with Gasteiger partial charge in [-0.15, -0.1) is 0 Å². The SMILES string of the molecule is C1=CCC=C1.CCBr. The minimum absolute atomic E-state index is 1.06. The van der Waals surface area contributed by atoms with Gasteiger partial charge in [0.05, 0.1) is 0 Å². The molecule has 0 aromatic rings. The Kier molecular flexibility index (Phi) is 6.93. The van der Waals surface area contributed by atoms with Crippen molar-refractivity contribution in [3.8, 4) is 0 Å². The third kappa shape index (κ3) is 5.96. The van der Waals surface area contributed by atoms with E-state index in [1.54, 1.807) is 0 Å². The van der Waals surface area contributed by atoms with Crippen molar-refractivity contribution in [1.82, 2.24) is 0 Å². The number of hydrogen-bond donors (Lipinski definition) is 0. The van der Waals surface area contributed by atoms with Crippen LogP contribution >= 0.6 is 15.9 Å². The van der Waals surface area contributed by atoms with E-state index >= 15 is 0 Å². The molecule has 0 heterocycles. The Bertz CT molecular complexity index is 72.4. The molecule has 0 N–H and O–H groups in total. The van der Waals surface area contributed by atoms with E-state index in [1.807, 2.05) is 6.92 Å². The first-order chi connectivity index (χ1) is 3.91. The smallest absolute Gasteiger partial charge is 0.000281 e. The molecule has 0 bridgehead atoms. The molecule has 0 spiro atoms. The molecule has 0 nitrogen and oxygen atoms in total. The summed E-state index contributed by atoms with van der Waals surface area (Å²) in [5.74, 6) is 0. The van der Waals surface area contributed by atoms with Gasteiger partial charge in [0.15, 0.2) is 0 Å². The van der Waals surface area contributed by atoms with Gasteiger partial charge in [-0.2, -0.15) is 0 Å². The molecule has 0 atom stereocenters. The van der Waals surface area contributed by atoms with Crippen LogP contribution in [0, 0.1) is 0 Å². The lowest BCUT2D eigenvalue weighted by atomic mass is 10.5. The molecular weight excluding hydrogens is 164 g/mol. The molecule has 0 fully saturated rings. The van der Waals surface area contributed by atoms with Crippen LogP contribution in [0.15, 0.2) is 24.3 Å². The highest BCUT2D eigenvalue weighted by atomic mass is 79.9. The molecule has 0 unspecified atom stereocenters. The fourth-order valence-electron chi connectivity index (χ4n) is 0.393. The van der Waals surface area contributed by atoms with E-state index in [-0.39, 0.29) is 0 Å². The first-order valence-corrected chi connectivity index (χ1v) is 3.91. The minimum Gasteiger partial charge on any atom is -0.0931 e. The Balaban J connectivity index is 0.000000145. The molecule has 46 valence electrons. The van der Waals surface area contributed by atoms with Gasteiger partial charge in [0.25, 0.3) is 0 Å². The van der Waals surface area contributed by atoms with E-state index in [0.29, 0.717) is 0 Å². The first-order valence-electron chi connectivity index (χ1n) is 2.79. The maximum atomic E-state index is 3.15. The number of rotatable bonds is 0. The molecule has 0 saturated carbocycles. The largest absolute Gasteiger partial charge is 0.0931 e. The maximum Gasteiger partial charge on any atom is 0.000281 e. The summed E-state index contributed by atoms with van der Waals surface area (Å²) in [5.41, 5.74) is 0. The highest BCUT2D eigenvalue weighted by Gasteiger charge is 1.72. The van der Waals surface area contributed by atoms with Crippen LogP contribution < -0.4 is 0 Å². The number of hydrogen-bond acceptors (Lipinski definition) is 0. The van der Waals surface area contributed by atoms with Crippen LogP contribution in [0.4, 0.5) is 0 Å². The third-order valence-electron chi connectivity index (χ3n) is 0.655. The average Bonchev–Trinajstić information content (AvgIpc) is 2.17. The summed E-state index contributed by atoms with van der Waals surface area (Å²) in [6.45, 7) is 2.04. The molecule has 0 saturated heterocycles. The number of allylic oxidation sites excluding steroid dienone is 4. The van der Waals surface area contributed by atoms with Crippen LogP contribution in [0.25, 0.3) is 0 Å². The Hall–Kier alpha value is -0.0400. The van der Waals surface area contributed by atoms with Gasteiger partial charge in [-0.05, 0) is 6.42 Å². The molecule has 8 heavy (non-hydrogen) atoms. The molecule has 1 aliphatic carbocycles. The molecule has 0 aliphatic heterocycles. The van der Waals surface area contributed by atoms with Crippen LogP contribution in [0.3, 0.4) is 0 Å². The van der Waals surface area contributed by atoms with Crippen molar-refractivity contribution in [3.63, 3.8) is 0 Å². The zero-order valence-corrected chi connectivity index (χ0v) is 6.69. The lowest BCUT2D eigenvalue weighted by Gasteiger charge is -1.57.